The molecule has 172 valence electrons. The molecule has 0 radical (unpaired) electrons. The van der Waals surface area contributed by atoms with Gasteiger partial charge in [-0.1, -0.05) is 48.2 Å². The lowest BCUT2D eigenvalue weighted by atomic mass is 10.3. The lowest BCUT2D eigenvalue weighted by molar-refractivity contribution is -0.114. The van der Waals surface area contributed by atoms with Gasteiger partial charge in [0.2, 0.25) is 15.9 Å². The quantitative estimate of drug-likeness (QED) is 0.505. The average molecular weight is 484 g/mol. The van der Waals surface area contributed by atoms with Crippen molar-refractivity contribution in [3.05, 3.63) is 78.9 Å². The van der Waals surface area contributed by atoms with Gasteiger partial charge in [0.1, 0.15) is 0 Å². The van der Waals surface area contributed by atoms with Gasteiger partial charge in [-0.05, 0) is 42.5 Å². The second-order valence-corrected chi connectivity index (χ2v) is 10.4. The van der Waals surface area contributed by atoms with Gasteiger partial charge in [-0.25, -0.2) is 8.42 Å². The summed E-state index contributed by atoms with van der Waals surface area (Å²) in [6, 6.07) is 24.1. The number of amides is 1. The van der Waals surface area contributed by atoms with Crippen molar-refractivity contribution >= 4 is 39.1 Å². The lowest BCUT2D eigenvalue weighted by Gasteiger charge is -2.26. The third-order valence-corrected chi connectivity index (χ3v) is 8.01. The van der Waals surface area contributed by atoms with Crippen molar-refractivity contribution in [2.24, 2.45) is 0 Å². The first kappa shape index (κ1) is 23.3. The molecule has 1 amide bonds. The van der Waals surface area contributed by atoms with Gasteiger partial charge in [0.15, 0.2) is 0 Å². The molecule has 1 saturated heterocycles. The zero-order valence-electron chi connectivity index (χ0n) is 17.9. The number of carbonyl (C=O) groups is 1. The van der Waals surface area contributed by atoms with Crippen LogP contribution in [0, 0.1) is 0 Å². The Bertz CT molecular complexity index is 1200. The minimum atomic E-state index is -3.60. The number of anilines is 2. The normalized spacial score (nSPS) is 14.5. The standard InChI is InChI=1S/C24H25N3O4S2/c28-24(26-22-11-4-5-12-23(22)32-20-8-2-1-3-9-20)18-25-19-7-6-10-21(17-19)33(29,30)27-13-15-31-16-14-27/h1-12,17,25H,13-16,18H2,(H,26,28). The molecule has 3 aromatic carbocycles. The molecule has 3 aromatic rings. The number of rotatable bonds is 8. The van der Waals surface area contributed by atoms with Crippen LogP contribution in [0.25, 0.3) is 0 Å². The van der Waals surface area contributed by atoms with Gasteiger partial charge in [-0.2, -0.15) is 4.31 Å². The molecule has 0 spiro atoms. The van der Waals surface area contributed by atoms with Crippen LogP contribution < -0.4 is 10.6 Å². The van der Waals surface area contributed by atoms with E-state index in [2.05, 4.69) is 10.6 Å². The first-order valence-electron chi connectivity index (χ1n) is 10.6. The number of carbonyl (C=O) groups excluding carboxylic acids is 1. The maximum atomic E-state index is 12.9. The van der Waals surface area contributed by atoms with Crippen molar-refractivity contribution in [3.63, 3.8) is 0 Å². The summed E-state index contributed by atoms with van der Waals surface area (Å²) in [6.07, 6.45) is 0. The van der Waals surface area contributed by atoms with Crippen molar-refractivity contribution in [3.8, 4) is 0 Å². The Morgan fingerprint density at radius 3 is 2.45 bits per heavy atom. The fourth-order valence-corrected chi connectivity index (χ4v) is 5.73. The van der Waals surface area contributed by atoms with Crippen LogP contribution in [0.5, 0.6) is 0 Å². The summed E-state index contributed by atoms with van der Waals surface area (Å²) in [5.41, 5.74) is 1.29. The molecular weight excluding hydrogens is 458 g/mol. The van der Waals surface area contributed by atoms with Gasteiger partial charge < -0.3 is 15.4 Å². The van der Waals surface area contributed by atoms with Crippen LogP contribution in [0.4, 0.5) is 11.4 Å². The van der Waals surface area contributed by atoms with Gasteiger partial charge >= 0.3 is 0 Å². The van der Waals surface area contributed by atoms with E-state index >= 15 is 0 Å². The number of hydrogen-bond donors (Lipinski definition) is 2. The second kappa shape index (κ2) is 10.8. The number of hydrogen-bond acceptors (Lipinski definition) is 6. The summed E-state index contributed by atoms with van der Waals surface area (Å²) < 4.78 is 32.4. The Kier molecular flexibility index (Phi) is 7.66. The van der Waals surface area contributed by atoms with Crippen molar-refractivity contribution in [1.29, 1.82) is 0 Å². The fraction of sp³-hybridized carbons (Fsp3) is 0.208. The van der Waals surface area contributed by atoms with E-state index in [0.29, 0.717) is 32.0 Å². The molecule has 1 aliphatic heterocycles. The molecule has 1 fully saturated rings. The van der Waals surface area contributed by atoms with Crippen molar-refractivity contribution in [1.82, 2.24) is 4.31 Å². The molecule has 9 heteroatoms. The molecule has 0 aliphatic carbocycles. The highest BCUT2D eigenvalue weighted by Crippen LogP contribution is 2.33. The molecule has 0 atom stereocenters. The van der Waals surface area contributed by atoms with Crippen LogP contribution in [0.1, 0.15) is 0 Å². The average Bonchev–Trinajstić information content (AvgIpc) is 2.85. The Labute approximate surface area is 198 Å². The van der Waals surface area contributed by atoms with Crippen molar-refractivity contribution < 1.29 is 17.9 Å². The van der Waals surface area contributed by atoms with Gasteiger partial charge in [0.05, 0.1) is 30.3 Å². The van der Waals surface area contributed by atoms with Gasteiger partial charge in [-0.3, -0.25) is 4.79 Å². The van der Waals surface area contributed by atoms with Crippen LogP contribution in [-0.2, 0) is 19.6 Å². The molecule has 33 heavy (non-hydrogen) atoms. The summed E-state index contributed by atoms with van der Waals surface area (Å²) in [4.78, 5) is 14.8. The smallest absolute Gasteiger partial charge is 0.243 e. The summed E-state index contributed by atoms with van der Waals surface area (Å²) in [5.74, 6) is -0.224. The highest BCUT2D eigenvalue weighted by Gasteiger charge is 2.26. The summed E-state index contributed by atoms with van der Waals surface area (Å²) in [7, 11) is -3.60. The van der Waals surface area contributed by atoms with Crippen molar-refractivity contribution in [2.75, 3.05) is 43.5 Å². The third-order valence-electron chi connectivity index (χ3n) is 5.03. The van der Waals surface area contributed by atoms with E-state index < -0.39 is 10.0 Å². The zero-order chi connectivity index (χ0) is 23.1. The Morgan fingerprint density at radius 2 is 1.67 bits per heavy atom. The highest BCUT2D eigenvalue weighted by molar-refractivity contribution is 7.99. The molecule has 1 heterocycles. The summed E-state index contributed by atoms with van der Waals surface area (Å²) in [6.45, 7) is 1.46. The largest absolute Gasteiger partial charge is 0.379 e. The van der Waals surface area contributed by atoms with Gasteiger partial charge in [0, 0.05) is 28.6 Å². The molecule has 4 rings (SSSR count). The minimum Gasteiger partial charge on any atom is -0.379 e. The van der Waals surface area contributed by atoms with Gasteiger partial charge in [0.25, 0.3) is 0 Å². The number of para-hydroxylation sites is 1. The van der Waals surface area contributed by atoms with Crippen LogP contribution in [0.2, 0.25) is 0 Å². The predicted molar refractivity (Wildman–Crippen MR) is 130 cm³/mol. The number of sulfonamides is 1. The monoisotopic (exact) mass is 483 g/mol. The third kappa shape index (κ3) is 6.14. The molecule has 0 aromatic heterocycles. The Morgan fingerprint density at radius 1 is 0.939 bits per heavy atom. The van der Waals surface area contributed by atoms with E-state index in [9.17, 15) is 13.2 Å². The maximum Gasteiger partial charge on any atom is 0.243 e. The number of nitrogens with one attached hydrogen (secondary N) is 2. The van der Waals surface area contributed by atoms with E-state index in [0.717, 1.165) is 15.5 Å². The van der Waals surface area contributed by atoms with Crippen LogP contribution in [-0.4, -0.2) is 51.5 Å². The second-order valence-electron chi connectivity index (χ2n) is 7.36. The zero-order valence-corrected chi connectivity index (χ0v) is 19.6. The van der Waals surface area contributed by atoms with Crippen molar-refractivity contribution in [2.45, 2.75) is 14.7 Å². The number of nitrogens with zero attached hydrogens (tertiary/aromatic N) is 1. The highest BCUT2D eigenvalue weighted by atomic mass is 32.2. The van der Waals surface area contributed by atoms with Gasteiger partial charge in [-0.15, -0.1) is 0 Å². The number of morpholine rings is 1. The number of benzene rings is 3. The lowest BCUT2D eigenvalue weighted by Crippen LogP contribution is -2.40. The Balaban J connectivity index is 1.39. The first-order chi connectivity index (χ1) is 16.0. The molecule has 2 N–H and O–H groups in total. The van der Waals surface area contributed by atoms with E-state index in [-0.39, 0.29) is 17.3 Å². The molecule has 0 saturated carbocycles. The molecular formula is C24H25N3O4S2. The predicted octanol–water partition coefficient (Wildman–Crippen LogP) is 3.91. The van der Waals surface area contributed by atoms with Crippen LogP contribution >= 0.6 is 11.8 Å². The van der Waals surface area contributed by atoms with E-state index in [1.165, 1.54) is 4.31 Å². The van der Waals surface area contributed by atoms with Crippen LogP contribution in [0.3, 0.4) is 0 Å². The summed E-state index contributed by atoms with van der Waals surface area (Å²) in [5, 5.41) is 5.96. The molecule has 1 aliphatic rings. The first-order valence-corrected chi connectivity index (χ1v) is 12.8. The number of ether oxygens (including phenoxy) is 1. The molecule has 0 bridgehead atoms. The van der Waals surface area contributed by atoms with E-state index in [4.69, 9.17) is 4.74 Å². The SMILES string of the molecule is O=C(CNc1cccc(S(=O)(=O)N2CCOCC2)c1)Nc1ccccc1Sc1ccccc1. The topological polar surface area (TPSA) is 87.7 Å². The molecule has 7 nitrogen and oxygen atoms in total. The van der Waals surface area contributed by atoms with Crippen LogP contribution in [0.15, 0.2) is 93.5 Å². The maximum absolute atomic E-state index is 12.9. The Hall–Kier alpha value is -2.85. The summed E-state index contributed by atoms with van der Waals surface area (Å²) >= 11 is 1.57. The molecule has 0 unspecified atom stereocenters. The van der Waals surface area contributed by atoms with E-state index in [1.807, 2.05) is 54.6 Å². The van der Waals surface area contributed by atoms with E-state index in [1.54, 1.807) is 36.0 Å². The minimum absolute atomic E-state index is 0.00535. The fourth-order valence-electron chi connectivity index (χ4n) is 3.35.